The summed E-state index contributed by atoms with van der Waals surface area (Å²) in [4.78, 5) is 32.8. The molecule has 2 heterocycles. The fourth-order valence-corrected chi connectivity index (χ4v) is 5.76. The second kappa shape index (κ2) is 8.43. The van der Waals surface area contributed by atoms with E-state index in [1.165, 1.54) is 40.5 Å². The number of rotatable bonds is 3. The molecule has 1 aliphatic heterocycles. The molecule has 1 aromatic heterocycles. The Kier molecular flexibility index (Phi) is 5.52. The molecule has 1 aliphatic rings. The van der Waals surface area contributed by atoms with E-state index in [1.807, 2.05) is 52.0 Å². The number of thiazole rings is 1. The number of hydrogen-bond donors (Lipinski definition) is 1. The normalized spacial score (nSPS) is 17.5. The third kappa shape index (κ3) is 3.82. The lowest BCUT2D eigenvalue weighted by molar-refractivity contribution is -0.132. The van der Waals surface area contributed by atoms with Gasteiger partial charge in [0.1, 0.15) is 11.6 Å². The number of ketones is 1. The molecule has 3 aromatic carbocycles. The largest absolute Gasteiger partial charge is 0.507 e. The smallest absolute Gasteiger partial charge is 0.301 e. The van der Waals surface area contributed by atoms with Gasteiger partial charge in [-0.15, -0.1) is 0 Å². The van der Waals surface area contributed by atoms with Gasteiger partial charge in [-0.3, -0.25) is 14.5 Å². The number of carbonyl (C=O) groups is 2. The van der Waals surface area contributed by atoms with Crippen LogP contribution in [0.25, 0.3) is 16.0 Å². The molecule has 1 unspecified atom stereocenters. The van der Waals surface area contributed by atoms with Crippen LogP contribution in [-0.2, 0) is 9.59 Å². The molecule has 0 aliphatic carbocycles. The van der Waals surface area contributed by atoms with Crippen molar-refractivity contribution in [1.82, 2.24) is 4.98 Å². The highest BCUT2D eigenvalue weighted by molar-refractivity contribution is 7.22. The summed E-state index contributed by atoms with van der Waals surface area (Å²) in [7, 11) is 0. The molecule has 1 N–H and O–H groups in total. The topological polar surface area (TPSA) is 70.5 Å². The maximum absolute atomic E-state index is 13.8. The van der Waals surface area contributed by atoms with Crippen LogP contribution in [0.15, 0.2) is 60.2 Å². The van der Waals surface area contributed by atoms with Crippen LogP contribution in [0.1, 0.15) is 39.4 Å². The number of amides is 1. The summed E-state index contributed by atoms with van der Waals surface area (Å²) in [5, 5.41) is 11.7. The van der Waals surface area contributed by atoms with E-state index < -0.39 is 23.5 Å². The Labute approximate surface area is 206 Å². The average molecular weight is 487 g/mol. The first-order valence-corrected chi connectivity index (χ1v) is 12.0. The Morgan fingerprint density at radius 3 is 2.37 bits per heavy atom. The monoisotopic (exact) mass is 486 g/mol. The molecule has 35 heavy (non-hydrogen) atoms. The predicted molar refractivity (Wildman–Crippen MR) is 136 cm³/mol. The molecule has 0 bridgehead atoms. The molecule has 5 rings (SSSR count). The minimum Gasteiger partial charge on any atom is -0.507 e. The number of aliphatic hydroxyl groups excluding tert-OH is 1. The van der Waals surface area contributed by atoms with Crippen molar-refractivity contribution in [3.8, 4) is 0 Å². The van der Waals surface area contributed by atoms with Gasteiger partial charge in [-0.25, -0.2) is 9.37 Å². The van der Waals surface area contributed by atoms with Crippen molar-refractivity contribution in [2.24, 2.45) is 0 Å². The Balaban J connectivity index is 1.77. The van der Waals surface area contributed by atoms with E-state index in [-0.39, 0.29) is 11.3 Å². The molecule has 1 fully saturated rings. The summed E-state index contributed by atoms with van der Waals surface area (Å²) in [6.07, 6.45) is 0. The summed E-state index contributed by atoms with van der Waals surface area (Å²) >= 11 is 1.31. The van der Waals surface area contributed by atoms with Gasteiger partial charge in [-0.2, -0.15) is 0 Å². The number of benzene rings is 3. The minimum absolute atomic E-state index is 0.0394. The first-order chi connectivity index (χ1) is 16.7. The molecule has 1 atom stereocenters. The Bertz CT molecular complexity index is 1550. The lowest BCUT2D eigenvalue weighted by atomic mass is 9.93. The van der Waals surface area contributed by atoms with Crippen molar-refractivity contribution in [3.05, 3.63) is 99.4 Å². The molecular formula is C28H23FN2O3S. The highest BCUT2D eigenvalue weighted by atomic mass is 32.1. The molecule has 0 spiro atoms. The summed E-state index contributed by atoms with van der Waals surface area (Å²) in [5.74, 6) is -2.27. The molecule has 1 amide bonds. The van der Waals surface area contributed by atoms with Gasteiger partial charge < -0.3 is 5.11 Å². The van der Waals surface area contributed by atoms with Gasteiger partial charge in [0, 0.05) is 5.56 Å². The molecule has 7 heteroatoms. The molecule has 1 saturated heterocycles. The number of aliphatic hydroxyl groups is 1. The van der Waals surface area contributed by atoms with Gasteiger partial charge in [0.2, 0.25) is 0 Å². The van der Waals surface area contributed by atoms with Gasteiger partial charge in [0.25, 0.3) is 5.78 Å². The van der Waals surface area contributed by atoms with Crippen LogP contribution >= 0.6 is 11.3 Å². The van der Waals surface area contributed by atoms with Crippen LogP contribution in [-0.4, -0.2) is 21.8 Å². The first kappa shape index (κ1) is 22.9. The summed E-state index contributed by atoms with van der Waals surface area (Å²) in [5.41, 5.74) is 5.40. The zero-order valence-electron chi connectivity index (χ0n) is 19.7. The minimum atomic E-state index is -0.947. The van der Waals surface area contributed by atoms with E-state index in [0.29, 0.717) is 16.3 Å². The molecule has 0 radical (unpaired) electrons. The second-order valence-electron chi connectivity index (χ2n) is 8.96. The van der Waals surface area contributed by atoms with E-state index in [1.54, 1.807) is 6.07 Å². The maximum Gasteiger partial charge on any atom is 0.301 e. The lowest BCUT2D eigenvalue weighted by Gasteiger charge is -2.23. The third-order valence-electron chi connectivity index (χ3n) is 6.30. The summed E-state index contributed by atoms with van der Waals surface area (Å²) < 4.78 is 14.7. The van der Waals surface area contributed by atoms with Crippen LogP contribution in [0.3, 0.4) is 0 Å². The zero-order valence-corrected chi connectivity index (χ0v) is 20.5. The van der Waals surface area contributed by atoms with Crippen molar-refractivity contribution in [2.45, 2.75) is 33.7 Å². The number of hydrogen-bond acceptors (Lipinski definition) is 5. The van der Waals surface area contributed by atoms with Crippen molar-refractivity contribution < 1.29 is 19.1 Å². The van der Waals surface area contributed by atoms with Gasteiger partial charge in [0.05, 0.1) is 21.8 Å². The van der Waals surface area contributed by atoms with Crippen LogP contribution in [0, 0.1) is 33.5 Å². The van der Waals surface area contributed by atoms with Gasteiger partial charge in [-0.05, 0) is 74.2 Å². The molecule has 176 valence electrons. The molecule has 4 aromatic rings. The number of nitrogens with zero attached hydrogens (tertiary/aromatic N) is 2. The summed E-state index contributed by atoms with van der Waals surface area (Å²) in [6.45, 7) is 7.65. The standard InChI is InChI=1S/C28H23FN2O3S/c1-14-5-6-16(3)20(12-14)25(32)22-24(18-7-9-19(29)10-8-18)31(27(34)26(22)33)28-30-23-17(4)11-15(2)13-21(23)35-28/h5-13,24,32H,1-4H3/b25-22+. The molecular weight excluding hydrogens is 463 g/mol. The van der Waals surface area contributed by atoms with Crippen molar-refractivity contribution in [2.75, 3.05) is 4.90 Å². The lowest BCUT2D eigenvalue weighted by Crippen LogP contribution is -2.29. The zero-order chi connectivity index (χ0) is 25.0. The predicted octanol–water partition coefficient (Wildman–Crippen LogP) is 6.30. The number of fused-ring (bicyclic) bond motifs is 1. The van der Waals surface area contributed by atoms with Crippen LogP contribution in [0.4, 0.5) is 9.52 Å². The third-order valence-corrected chi connectivity index (χ3v) is 7.30. The van der Waals surface area contributed by atoms with E-state index in [9.17, 15) is 19.1 Å². The van der Waals surface area contributed by atoms with Gasteiger partial charge in [-0.1, -0.05) is 47.2 Å². The number of aryl methyl sites for hydroxylation is 4. The second-order valence-corrected chi connectivity index (χ2v) is 9.97. The number of Topliss-reactive ketones (excluding diaryl/α,β-unsaturated/α-hetero) is 1. The maximum atomic E-state index is 13.8. The van der Waals surface area contributed by atoms with E-state index in [0.717, 1.165) is 32.5 Å². The highest BCUT2D eigenvalue weighted by Crippen LogP contribution is 2.45. The van der Waals surface area contributed by atoms with E-state index >= 15 is 0 Å². The van der Waals surface area contributed by atoms with Crippen molar-refractivity contribution in [3.63, 3.8) is 0 Å². The number of carbonyl (C=O) groups excluding carboxylic acids is 2. The van der Waals surface area contributed by atoms with Crippen molar-refractivity contribution in [1.29, 1.82) is 0 Å². The SMILES string of the molecule is Cc1ccc(C)c(/C(O)=C2\C(=O)C(=O)N(c3nc4c(C)cc(C)cc4s3)C2c2ccc(F)cc2)c1. The first-order valence-electron chi connectivity index (χ1n) is 11.2. The highest BCUT2D eigenvalue weighted by Gasteiger charge is 2.48. The number of halogens is 1. The van der Waals surface area contributed by atoms with E-state index in [2.05, 4.69) is 0 Å². The fraction of sp³-hybridized carbons (Fsp3) is 0.179. The van der Waals surface area contributed by atoms with Crippen LogP contribution < -0.4 is 4.90 Å². The number of aromatic nitrogens is 1. The van der Waals surface area contributed by atoms with E-state index in [4.69, 9.17) is 4.98 Å². The quantitative estimate of drug-likeness (QED) is 0.210. The molecule has 0 saturated carbocycles. The van der Waals surface area contributed by atoms with Crippen LogP contribution in [0.5, 0.6) is 0 Å². The number of anilines is 1. The Morgan fingerprint density at radius 1 is 0.943 bits per heavy atom. The molecule has 5 nitrogen and oxygen atoms in total. The fourth-order valence-electron chi connectivity index (χ4n) is 4.59. The summed E-state index contributed by atoms with van der Waals surface area (Å²) in [6, 6.07) is 14.2. The van der Waals surface area contributed by atoms with Crippen molar-refractivity contribution >= 4 is 44.1 Å². The Morgan fingerprint density at radius 2 is 1.66 bits per heavy atom. The Hall–Kier alpha value is -3.84. The van der Waals surface area contributed by atoms with Gasteiger partial charge >= 0.3 is 5.91 Å². The van der Waals surface area contributed by atoms with Crippen LogP contribution in [0.2, 0.25) is 0 Å². The van der Waals surface area contributed by atoms with Gasteiger partial charge in [0.15, 0.2) is 5.13 Å². The average Bonchev–Trinajstić information content (AvgIpc) is 3.34.